The van der Waals surface area contributed by atoms with Crippen LogP contribution in [-0.4, -0.2) is 5.11 Å². The molecule has 1 aromatic carbocycles. The minimum absolute atomic E-state index is 0.311. The number of hydrogen-bond acceptors (Lipinski definition) is 1. The third kappa shape index (κ3) is 2.57. The lowest BCUT2D eigenvalue weighted by Gasteiger charge is -2.09. The van der Waals surface area contributed by atoms with E-state index in [2.05, 4.69) is 27.8 Å². The Balaban J connectivity index is 2.93. The van der Waals surface area contributed by atoms with Crippen molar-refractivity contribution in [1.29, 1.82) is 0 Å². The average molecular weight is 257 g/mol. The van der Waals surface area contributed by atoms with Crippen LogP contribution in [0.4, 0.5) is 4.39 Å². The van der Waals surface area contributed by atoms with E-state index in [0.29, 0.717) is 16.5 Å². The fourth-order valence-corrected chi connectivity index (χ4v) is 1.62. The van der Waals surface area contributed by atoms with Gasteiger partial charge in [0.05, 0.1) is 10.6 Å². The zero-order valence-electron chi connectivity index (χ0n) is 7.72. The Hall–Kier alpha value is -0.850. The molecule has 0 amide bonds. The van der Waals surface area contributed by atoms with Gasteiger partial charge in [-0.1, -0.05) is 12.1 Å². The summed E-state index contributed by atoms with van der Waals surface area (Å²) in [5.74, 6) is 5.06. The summed E-state index contributed by atoms with van der Waals surface area (Å²) in [4.78, 5) is 0. The Morgan fingerprint density at radius 1 is 1.57 bits per heavy atom. The van der Waals surface area contributed by atoms with Gasteiger partial charge in [0.1, 0.15) is 5.82 Å². The Morgan fingerprint density at radius 2 is 2.29 bits per heavy atom. The third-order valence-electron chi connectivity index (χ3n) is 1.81. The molecule has 0 aromatic heterocycles. The minimum Gasteiger partial charge on any atom is -0.387 e. The normalized spacial score (nSPS) is 11.7. The molecule has 1 nitrogen and oxygen atoms in total. The van der Waals surface area contributed by atoms with Gasteiger partial charge < -0.3 is 5.11 Å². The van der Waals surface area contributed by atoms with Crippen molar-refractivity contribution in [2.75, 3.05) is 0 Å². The van der Waals surface area contributed by atoms with E-state index < -0.39 is 6.10 Å². The first kappa shape index (κ1) is 11.2. The first-order valence-corrected chi connectivity index (χ1v) is 4.97. The Labute approximate surface area is 91.1 Å². The Bertz CT molecular complexity index is 379. The largest absolute Gasteiger partial charge is 0.387 e. The van der Waals surface area contributed by atoms with Gasteiger partial charge in [-0.05, 0) is 34.5 Å². The van der Waals surface area contributed by atoms with Crippen molar-refractivity contribution >= 4 is 15.9 Å². The molecule has 0 heterocycles. The number of benzene rings is 1. The highest BCUT2D eigenvalue weighted by molar-refractivity contribution is 9.10. The number of hydrogen-bond donors (Lipinski definition) is 1. The summed E-state index contributed by atoms with van der Waals surface area (Å²) >= 11 is 3.09. The van der Waals surface area contributed by atoms with Crippen LogP contribution in [0.1, 0.15) is 25.0 Å². The van der Waals surface area contributed by atoms with Crippen molar-refractivity contribution in [1.82, 2.24) is 0 Å². The molecule has 0 saturated heterocycles. The van der Waals surface area contributed by atoms with Gasteiger partial charge in [-0.3, -0.25) is 0 Å². The van der Waals surface area contributed by atoms with Gasteiger partial charge >= 0.3 is 0 Å². The van der Waals surface area contributed by atoms with Crippen molar-refractivity contribution in [3.63, 3.8) is 0 Å². The molecule has 0 saturated carbocycles. The molecule has 0 radical (unpaired) electrons. The van der Waals surface area contributed by atoms with Crippen molar-refractivity contribution in [2.45, 2.75) is 19.4 Å². The van der Waals surface area contributed by atoms with Gasteiger partial charge in [0, 0.05) is 6.42 Å². The molecule has 0 aliphatic heterocycles. The molecule has 1 aromatic rings. The van der Waals surface area contributed by atoms with E-state index in [1.54, 1.807) is 19.1 Å². The fourth-order valence-electron chi connectivity index (χ4n) is 1.09. The predicted octanol–water partition coefficient (Wildman–Crippen LogP) is 3.04. The first-order chi connectivity index (χ1) is 6.66. The second-order valence-electron chi connectivity index (χ2n) is 2.79. The Kier molecular flexibility index (Phi) is 4.12. The number of halogens is 2. The van der Waals surface area contributed by atoms with E-state index in [1.807, 2.05) is 0 Å². The number of aliphatic hydroxyl groups excluding tert-OH is 1. The molecule has 0 aliphatic carbocycles. The maximum Gasteiger partial charge on any atom is 0.137 e. The van der Waals surface area contributed by atoms with Gasteiger partial charge in [0.2, 0.25) is 0 Å². The van der Waals surface area contributed by atoms with Gasteiger partial charge in [0.25, 0.3) is 0 Å². The SMILES string of the molecule is CC#CCC(O)c1cccc(F)c1Br. The molecule has 14 heavy (non-hydrogen) atoms. The monoisotopic (exact) mass is 256 g/mol. The topological polar surface area (TPSA) is 20.2 Å². The van der Waals surface area contributed by atoms with Crippen molar-refractivity contribution in [3.05, 3.63) is 34.1 Å². The Morgan fingerprint density at radius 3 is 2.93 bits per heavy atom. The third-order valence-corrected chi connectivity index (χ3v) is 2.65. The fraction of sp³-hybridized carbons (Fsp3) is 0.273. The molecular formula is C11H10BrFO. The maximum atomic E-state index is 13.1. The first-order valence-electron chi connectivity index (χ1n) is 4.18. The molecule has 0 spiro atoms. The van der Waals surface area contributed by atoms with Crippen LogP contribution in [0, 0.1) is 17.7 Å². The summed E-state index contributed by atoms with van der Waals surface area (Å²) in [5, 5.41) is 9.66. The predicted molar refractivity (Wildman–Crippen MR) is 57.1 cm³/mol. The maximum absolute atomic E-state index is 13.1. The van der Waals surface area contributed by atoms with Crippen LogP contribution in [0.5, 0.6) is 0 Å². The van der Waals surface area contributed by atoms with Crippen molar-refractivity contribution in [2.24, 2.45) is 0 Å². The van der Waals surface area contributed by atoms with Crippen molar-refractivity contribution < 1.29 is 9.50 Å². The summed E-state index contributed by atoms with van der Waals surface area (Å²) in [6.07, 6.45) is -0.425. The number of rotatable bonds is 2. The molecule has 3 heteroatoms. The summed E-state index contributed by atoms with van der Waals surface area (Å²) < 4.78 is 13.4. The quantitative estimate of drug-likeness (QED) is 0.807. The standard InChI is InChI=1S/C11H10BrFO/c1-2-3-7-10(14)8-5-4-6-9(13)11(8)12/h4-6,10,14H,7H2,1H3. The van der Waals surface area contributed by atoms with E-state index in [1.165, 1.54) is 6.07 Å². The highest BCUT2D eigenvalue weighted by atomic mass is 79.9. The minimum atomic E-state index is -0.743. The highest BCUT2D eigenvalue weighted by Crippen LogP contribution is 2.27. The van der Waals surface area contributed by atoms with Crippen LogP contribution in [0.2, 0.25) is 0 Å². The summed E-state index contributed by atoms with van der Waals surface area (Å²) in [7, 11) is 0. The zero-order chi connectivity index (χ0) is 10.6. The number of aliphatic hydroxyl groups is 1. The van der Waals surface area contributed by atoms with Crippen LogP contribution in [0.25, 0.3) is 0 Å². The van der Waals surface area contributed by atoms with Crippen LogP contribution >= 0.6 is 15.9 Å². The molecule has 1 N–H and O–H groups in total. The molecule has 74 valence electrons. The van der Waals surface area contributed by atoms with Crippen molar-refractivity contribution in [3.8, 4) is 11.8 Å². The van der Waals surface area contributed by atoms with Gasteiger partial charge in [-0.25, -0.2) is 4.39 Å². The van der Waals surface area contributed by atoms with E-state index >= 15 is 0 Å². The van der Waals surface area contributed by atoms with E-state index in [9.17, 15) is 9.50 Å². The summed E-state index contributed by atoms with van der Waals surface area (Å²) in [6, 6.07) is 4.58. The molecule has 1 rings (SSSR count). The van der Waals surface area contributed by atoms with Gasteiger partial charge in [0.15, 0.2) is 0 Å². The molecule has 1 atom stereocenters. The average Bonchev–Trinajstić information content (AvgIpc) is 2.18. The van der Waals surface area contributed by atoms with E-state index in [4.69, 9.17) is 0 Å². The lowest BCUT2D eigenvalue weighted by molar-refractivity contribution is 0.182. The smallest absolute Gasteiger partial charge is 0.137 e. The second-order valence-corrected chi connectivity index (χ2v) is 3.58. The lowest BCUT2D eigenvalue weighted by Crippen LogP contribution is -1.98. The van der Waals surface area contributed by atoms with Crippen LogP contribution in [0.3, 0.4) is 0 Å². The highest BCUT2D eigenvalue weighted by Gasteiger charge is 2.12. The second kappa shape index (κ2) is 5.14. The van der Waals surface area contributed by atoms with Gasteiger partial charge in [-0.2, -0.15) is 0 Å². The molecule has 0 aliphatic rings. The molecular weight excluding hydrogens is 247 g/mol. The van der Waals surface area contributed by atoms with E-state index in [-0.39, 0.29) is 5.82 Å². The van der Waals surface area contributed by atoms with Crippen LogP contribution in [-0.2, 0) is 0 Å². The van der Waals surface area contributed by atoms with Gasteiger partial charge in [-0.15, -0.1) is 11.8 Å². The van der Waals surface area contributed by atoms with Crippen LogP contribution in [0.15, 0.2) is 22.7 Å². The van der Waals surface area contributed by atoms with E-state index in [0.717, 1.165) is 0 Å². The molecule has 1 unspecified atom stereocenters. The van der Waals surface area contributed by atoms with Crippen LogP contribution < -0.4 is 0 Å². The summed E-state index contributed by atoms with van der Waals surface area (Å²) in [6.45, 7) is 1.70. The summed E-state index contributed by atoms with van der Waals surface area (Å²) in [5.41, 5.74) is 0.535. The molecule has 0 fully saturated rings. The zero-order valence-corrected chi connectivity index (χ0v) is 9.31. The molecule has 0 bridgehead atoms. The lowest BCUT2D eigenvalue weighted by atomic mass is 10.1.